The van der Waals surface area contributed by atoms with Crippen LogP contribution in [-0.2, 0) is 5.60 Å². The molecular weight excluding hydrogens is 196 g/mol. The third-order valence-corrected chi connectivity index (χ3v) is 3.11. The molecule has 1 atom stereocenters. The van der Waals surface area contributed by atoms with Crippen LogP contribution in [0.3, 0.4) is 0 Å². The van der Waals surface area contributed by atoms with Crippen molar-refractivity contribution in [3.63, 3.8) is 0 Å². The highest BCUT2D eigenvalue weighted by molar-refractivity contribution is 5.22. The summed E-state index contributed by atoms with van der Waals surface area (Å²) in [6.07, 6.45) is 3.81. The normalized spacial score (nSPS) is 15.1. The first-order valence-corrected chi connectivity index (χ1v) is 6.36. The summed E-state index contributed by atoms with van der Waals surface area (Å²) in [5.41, 5.74) is 0.442. The van der Waals surface area contributed by atoms with E-state index in [-0.39, 0.29) is 0 Å². The Morgan fingerprint density at radius 2 is 1.75 bits per heavy atom. The van der Waals surface area contributed by atoms with E-state index in [1.54, 1.807) is 0 Å². The largest absolute Gasteiger partial charge is 0.385 e. The van der Waals surface area contributed by atoms with Crippen LogP contribution in [0.1, 0.15) is 52.0 Å². The topological polar surface area (TPSA) is 20.2 Å². The molecule has 0 amide bonds. The minimum absolute atomic E-state index is 0.625. The lowest BCUT2D eigenvalue weighted by Crippen LogP contribution is -2.26. The molecule has 1 aromatic carbocycles. The Morgan fingerprint density at radius 1 is 1.12 bits per heavy atom. The maximum atomic E-state index is 10.7. The number of benzene rings is 1. The Bertz CT molecular complexity index is 292. The van der Waals surface area contributed by atoms with Crippen molar-refractivity contribution in [2.45, 2.75) is 52.1 Å². The minimum atomic E-state index is -0.625. The lowest BCUT2D eigenvalue weighted by atomic mass is 9.83. The molecule has 1 N–H and O–H groups in total. The SMILES string of the molecule is CCCC(O)(CCC(C)C)c1ccccc1. The maximum Gasteiger partial charge on any atom is 0.0896 e. The predicted molar refractivity (Wildman–Crippen MR) is 69.3 cm³/mol. The fraction of sp³-hybridized carbons (Fsp3) is 0.600. The quantitative estimate of drug-likeness (QED) is 0.765. The monoisotopic (exact) mass is 220 g/mol. The van der Waals surface area contributed by atoms with Crippen molar-refractivity contribution in [1.29, 1.82) is 0 Å². The molecule has 0 aliphatic rings. The molecule has 0 spiro atoms. The van der Waals surface area contributed by atoms with E-state index in [9.17, 15) is 5.11 Å². The predicted octanol–water partition coefficient (Wildman–Crippen LogP) is 4.11. The van der Waals surface area contributed by atoms with E-state index in [1.165, 1.54) is 0 Å². The molecule has 0 aromatic heterocycles. The molecule has 1 rings (SSSR count). The highest BCUT2D eigenvalue weighted by Gasteiger charge is 2.27. The molecule has 1 unspecified atom stereocenters. The van der Waals surface area contributed by atoms with Crippen LogP contribution in [0.25, 0.3) is 0 Å². The number of aliphatic hydroxyl groups is 1. The molecule has 1 aromatic rings. The van der Waals surface area contributed by atoms with Gasteiger partial charge in [0.2, 0.25) is 0 Å². The van der Waals surface area contributed by atoms with Crippen molar-refractivity contribution >= 4 is 0 Å². The third-order valence-electron chi connectivity index (χ3n) is 3.11. The maximum absolute atomic E-state index is 10.7. The molecule has 0 aliphatic heterocycles. The highest BCUT2D eigenvalue weighted by atomic mass is 16.3. The number of hydrogen-bond donors (Lipinski definition) is 1. The van der Waals surface area contributed by atoms with Crippen molar-refractivity contribution in [3.8, 4) is 0 Å². The van der Waals surface area contributed by atoms with Crippen molar-refractivity contribution in [2.75, 3.05) is 0 Å². The molecule has 1 nitrogen and oxygen atoms in total. The first kappa shape index (κ1) is 13.2. The zero-order valence-electron chi connectivity index (χ0n) is 10.7. The average molecular weight is 220 g/mol. The van der Waals surface area contributed by atoms with E-state index in [2.05, 4.69) is 20.8 Å². The Hall–Kier alpha value is -0.820. The van der Waals surface area contributed by atoms with Crippen molar-refractivity contribution < 1.29 is 5.11 Å². The second-order valence-electron chi connectivity index (χ2n) is 5.08. The van der Waals surface area contributed by atoms with E-state index in [4.69, 9.17) is 0 Å². The van der Waals surface area contributed by atoms with E-state index in [0.717, 1.165) is 31.2 Å². The van der Waals surface area contributed by atoms with Crippen molar-refractivity contribution in [1.82, 2.24) is 0 Å². The smallest absolute Gasteiger partial charge is 0.0896 e. The Labute approximate surface area is 99.5 Å². The average Bonchev–Trinajstić information content (AvgIpc) is 2.28. The van der Waals surface area contributed by atoms with Crippen LogP contribution in [-0.4, -0.2) is 5.11 Å². The summed E-state index contributed by atoms with van der Waals surface area (Å²) in [6.45, 7) is 6.54. The van der Waals surface area contributed by atoms with Gasteiger partial charge in [-0.2, -0.15) is 0 Å². The van der Waals surface area contributed by atoms with Gasteiger partial charge in [0.05, 0.1) is 5.60 Å². The minimum Gasteiger partial charge on any atom is -0.385 e. The van der Waals surface area contributed by atoms with E-state index < -0.39 is 5.60 Å². The van der Waals surface area contributed by atoms with Gasteiger partial charge in [-0.05, 0) is 30.7 Å². The van der Waals surface area contributed by atoms with Gasteiger partial charge in [0.25, 0.3) is 0 Å². The first-order chi connectivity index (χ1) is 7.58. The van der Waals surface area contributed by atoms with Gasteiger partial charge >= 0.3 is 0 Å². The molecule has 0 heterocycles. The van der Waals surface area contributed by atoms with Crippen LogP contribution in [0.5, 0.6) is 0 Å². The van der Waals surface area contributed by atoms with Crippen molar-refractivity contribution in [2.24, 2.45) is 5.92 Å². The molecule has 1 heteroatoms. The van der Waals surface area contributed by atoms with Gasteiger partial charge in [0.1, 0.15) is 0 Å². The summed E-state index contributed by atoms with van der Waals surface area (Å²) in [5, 5.41) is 10.7. The van der Waals surface area contributed by atoms with Crippen LogP contribution < -0.4 is 0 Å². The second kappa shape index (κ2) is 6.05. The van der Waals surface area contributed by atoms with E-state index in [1.807, 2.05) is 30.3 Å². The molecule has 0 bridgehead atoms. The van der Waals surface area contributed by atoms with Crippen LogP contribution in [0.2, 0.25) is 0 Å². The number of rotatable bonds is 6. The molecule has 0 fully saturated rings. The zero-order valence-corrected chi connectivity index (χ0v) is 10.7. The third kappa shape index (κ3) is 3.64. The molecule has 90 valence electrons. The van der Waals surface area contributed by atoms with Crippen LogP contribution >= 0.6 is 0 Å². The lowest BCUT2D eigenvalue weighted by Gasteiger charge is -2.29. The van der Waals surface area contributed by atoms with Gasteiger partial charge in [-0.1, -0.05) is 57.5 Å². The Balaban J connectivity index is 2.79. The zero-order chi connectivity index (χ0) is 12.0. The first-order valence-electron chi connectivity index (χ1n) is 6.36. The fourth-order valence-corrected chi connectivity index (χ4v) is 2.10. The summed E-state index contributed by atoms with van der Waals surface area (Å²) in [6, 6.07) is 10.1. The van der Waals surface area contributed by atoms with Crippen LogP contribution in [0.15, 0.2) is 30.3 Å². The summed E-state index contributed by atoms with van der Waals surface area (Å²) in [5.74, 6) is 0.645. The molecule has 0 saturated heterocycles. The molecule has 0 aliphatic carbocycles. The Kier molecular flexibility index (Phi) is 5.01. The molecule has 0 radical (unpaired) electrons. The Morgan fingerprint density at radius 3 is 2.25 bits per heavy atom. The lowest BCUT2D eigenvalue weighted by molar-refractivity contribution is 0.0126. The number of hydrogen-bond acceptors (Lipinski definition) is 1. The van der Waals surface area contributed by atoms with Gasteiger partial charge in [-0.15, -0.1) is 0 Å². The molecule has 16 heavy (non-hydrogen) atoms. The van der Waals surface area contributed by atoms with Crippen molar-refractivity contribution in [3.05, 3.63) is 35.9 Å². The summed E-state index contributed by atoms with van der Waals surface area (Å²) < 4.78 is 0. The summed E-state index contributed by atoms with van der Waals surface area (Å²) in [7, 11) is 0. The van der Waals surface area contributed by atoms with Crippen LogP contribution in [0, 0.1) is 5.92 Å². The summed E-state index contributed by atoms with van der Waals surface area (Å²) in [4.78, 5) is 0. The van der Waals surface area contributed by atoms with Gasteiger partial charge in [-0.3, -0.25) is 0 Å². The van der Waals surface area contributed by atoms with Gasteiger partial charge < -0.3 is 5.11 Å². The second-order valence-corrected chi connectivity index (χ2v) is 5.08. The van der Waals surface area contributed by atoms with E-state index >= 15 is 0 Å². The van der Waals surface area contributed by atoms with Gasteiger partial charge in [0, 0.05) is 0 Å². The molecular formula is C15H24O. The fourth-order valence-electron chi connectivity index (χ4n) is 2.10. The summed E-state index contributed by atoms with van der Waals surface area (Å²) >= 11 is 0. The molecule has 0 saturated carbocycles. The van der Waals surface area contributed by atoms with Gasteiger partial charge in [-0.25, -0.2) is 0 Å². The standard InChI is InChI=1S/C15H24O/c1-4-11-15(16,12-10-13(2)3)14-8-6-5-7-9-14/h5-9,13,16H,4,10-12H2,1-3H3. The highest BCUT2D eigenvalue weighted by Crippen LogP contribution is 2.32. The van der Waals surface area contributed by atoms with Crippen LogP contribution in [0.4, 0.5) is 0 Å². The van der Waals surface area contributed by atoms with E-state index in [0.29, 0.717) is 5.92 Å². The van der Waals surface area contributed by atoms with Gasteiger partial charge in [0.15, 0.2) is 0 Å².